The van der Waals surface area contributed by atoms with E-state index >= 15 is 0 Å². The molecule has 0 radical (unpaired) electrons. The highest BCUT2D eigenvalue weighted by molar-refractivity contribution is 5.46. The average Bonchev–Trinajstić information content (AvgIpc) is 3.15. The Kier molecular flexibility index (Phi) is 3.28. The van der Waals surface area contributed by atoms with Gasteiger partial charge in [-0.05, 0) is 6.92 Å². The predicted octanol–water partition coefficient (Wildman–Crippen LogP) is 0.533. The van der Waals surface area contributed by atoms with E-state index < -0.39 is 0 Å². The van der Waals surface area contributed by atoms with Crippen molar-refractivity contribution in [3.63, 3.8) is 0 Å². The SMILES string of the molecule is CCn1cnnc1CCn1cc(-c2nccn2C)nn1. The van der Waals surface area contributed by atoms with Crippen molar-refractivity contribution in [2.24, 2.45) is 7.05 Å². The normalized spacial score (nSPS) is 11.1. The van der Waals surface area contributed by atoms with Crippen LogP contribution in [-0.2, 0) is 26.6 Å². The maximum absolute atomic E-state index is 4.26. The summed E-state index contributed by atoms with van der Waals surface area (Å²) in [5.41, 5.74) is 0.773. The molecule has 0 fully saturated rings. The monoisotopic (exact) mass is 272 g/mol. The van der Waals surface area contributed by atoms with Gasteiger partial charge in [0.05, 0.1) is 6.20 Å². The lowest BCUT2D eigenvalue weighted by Gasteiger charge is -2.02. The van der Waals surface area contributed by atoms with Crippen molar-refractivity contribution < 1.29 is 0 Å². The first-order valence-electron chi connectivity index (χ1n) is 6.52. The molecular weight excluding hydrogens is 256 g/mol. The molecule has 0 aromatic carbocycles. The van der Waals surface area contributed by atoms with Crippen molar-refractivity contribution in [1.29, 1.82) is 0 Å². The fourth-order valence-electron chi connectivity index (χ4n) is 2.07. The number of imidazole rings is 1. The molecule has 104 valence electrons. The fraction of sp³-hybridized carbons (Fsp3) is 0.417. The minimum absolute atomic E-state index is 0.718. The molecule has 0 N–H and O–H groups in total. The molecule has 3 aromatic heterocycles. The number of nitrogens with zero attached hydrogens (tertiary/aromatic N) is 8. The lowest BCUT2D eigenvalue weighted by molar-refractivity contribution is 0.560. The van der Waals surface area contributed by atoms with Crippen molar-refractivity contribution in [2.45, 2.75) is 26.4 Å². The Balaban J connectivity index is 1.70. The molecule has 3 rings (SSSR count). The third-order valence-electron chi connectivity index (χ3n) is 3.19. The van der Waals surface area contributed by atoms with Crippen LogP contribution in [-0.4, -0.2) is 39.3 Å². The molecule has 3 aromatic rings. The maximum atomic E-state index is 4.26. The summed E-state index contributed by atoms with van der Waals surface area (Å²) in [6, 6.07) is 0. The highest BCUT2D eigenvalue weighted by Gasteiger charge is 2.09. The Morgan fingerprint density at radius 3 is 2.90 bits per heavy atom. The molecule has 0 saturated carbocycles. The number of aromatic nitrogens is 8. The topological polar surface area (TPSA) is 79.2 Å². The second-order valence-corrected chi connectivity index (χ2v) is 4.51. The maximum Gasteiger partial charge on any atom is 0.161 e. The van der Waals surface area contributed by atoms with E-state index in [4.69, 9.17) is 0 Å². The number of hydrogen-bond donors (Lipinski definition) is 0. The molecule has 8 nitrogen and oxygen atoms in total. The molecule has 0 atom stereocenters. The van der Waals surface area contributed by atoms with E-state index in [0.717, 1.165) is 36.9 Å². The number of aryl methyl sites for hydroxylation is 4. The third kappa shape index (κ3) is 2.31. The summed E-state index contributed by atoms with van der Waals surface area (Å²) in [4.78, 5) is 4.26. The van der Waals surface area contributed by atoms with Crippen LogP contribution < -0.4 is 0 Å². The molecule has 0 unspecified atom stereocenters. The summed E-state index contributed by atoms with van der Waals surface area (Å²) in [6.45, 7) is 3.66. The summed E-state index contributed by atoms with van der Waals surface area (Å²) in [7, 11) is 1.94. The van der Waals surface area contributed by atoms with Gasteiger partial charge >= 0.3 is 0 Å². The Hall–Kier alpha value is -2.51. The molecule has 0 aliphatic carbocycles. The smallest absolute Gasteiger partial charge is 0.161 e. The van der Waals surface area contributed by atoms with E-state index in [1.54, 1.807) is 17.2 Å². The van der Waals surface area contributed by atoms with Crippen LogP contribution in [0.4, 0.5) is 0 Å². The van der Waals surface area contributed by atoms with Gasteiger partial charge in [0.25, 0.3) is 0 Å². The van der Waals surface area contributed by atoms with E-state index in [2.05, 4.69) is 32.4 Å². The summed E-state index contributed by atoms with van der Waals surface area (Å²) < 4.78 is 5.75. The van der Waals surface area contributed by atoms with E-state index in [1.165, 1.54) is 0 Å². The quantitative estimate of drug-likeness (QED) is 0.677. The molecule has 3 heterocycles. The van der Waals surface area contributed by atoms with Crippen molar-refractivity contribution in [1.82, 2.24) is 39.3 Å². The van der Waals surface area contributed by atoms with Gasteiger partial charge in [-0.3, -0.25) is 4.68 Å². The van der Waals surface area contributed by atoms with Gasteiger partial charge in [-0.15, -0.1) is 15.3 Å². The number of rotatable bonds is 5. The molecular formula is C12H16N8. The second kappa shape index (κ2) is 5.24. The standard InChI is InChI=1S/C12H16N8/c1-3-19-9-14-16-11(19)4-6-20-8-10(15-17-20)12-13-5-7-18(12)2/h5,7-9H,3-4,6H2,1-2H3. The molecule has 0 aliphatic heterocycles. The molecule has 0 saturated heterocycles. The van der Waals surface area contributed by atoms with Crippen LogP contribution in [0.5, 0.6) is 0 Å². The molecule has 0 spiro atoms. The fourth-order valence-corrected chi connectivity index (χ4v) is 2.07. The third-order valence-corrected chi connectivity index (χ3v) is 3.19. The Bertz CT molecular complexity index is 692. The second-order valence-electron chi connectivity index (χ2n) is 4.51. The van der Waals surface area contributed by atoms with Crippen molar-refractivity contribution >= 4 is 0 Å². The largest absolute Gasteiger partial charge is 0.333 e. The van der Waals surface area contributed by atoms with Crippen LogP contribution in [0.1, 0.15) is 12.7 Å². The van der Waals surface area contributed by atoms with Gasteiger partial charge < -0.3 is 9.13 Å². The Morgan fingerprint density at radius 1 is 1.25 bits per heavy atom. The summed E-state index contributed by atoms with van der Waals surface area (Å²) in [5, 5.41) is 16.3. The first-order valence-corrected chi connectivity index (χ1v) is 6.52. The van der Waals surface area contributed by atoms with Gasteiger partial charge in [0.15, 0.2) is 5.82 Å². The molecule has 8 heteroatoms. The zero-order chi connectivity index (χ0) is 13.9. The van der Waals surface area contributed by atoms with Gasteiger partial charge in [-0.2, -0.15) is 0 Å². The highest BCUT2D eigenvalue weighted by atomic mass is 15.4. The van der Waals surface area contributed by atoms with Crippen molar-refractivity contribution in [3.8, 4) is 11.5 Å². The molecule has 0 amide bonds. The zero-order valence-corrected chi connectivity index (χ0v) is 11.5. The minimum atomic E-state index is 0.718. The summed E-state index contributed by atoms with van der Waals surface area (Å²) >= 11 is 0. The van der Waals surface area contributed by atoms with E-state index in [9.17, 15) is 0 Å². The van der Waals surface area contributed by atoms with Crippen LogP contribution >= 0.6 is 0 Å². The predicted molar refractivity (Wildman–Crippen MR) is 71.6 cm³/mol. The van der Waals surface area contributed by atoms with Gasteiger partial charge in [0, 0.05) is 39.0 Å². The summed E-state index contributed by atoms with van der Waals surface area (Å²) in [5.74, 6) is 1.77. The van der Waals surface area contributed by atoms with Crippen LogP contribution in [0.15, 0.2) is 24.9 Å². The van der Waals surface area contributed by atoms with Gasteiger partial charge in [-0.1, -0.05) is 5.21 Å². The van der Waals surface area contributed by atoms with Crippen LogP contribution in [0.25, 0.3) is 11.5 Å². The van der Waals surface area contributed by atoms with E-state index in [0.29, 0.717) is 0 Å². The molecule has 0 aliphatic rings. The minimum Gasteiger partial charge on any atom is -0.333 e. The van der Waals surface area contributed by atoms with E-state index in [1.807, 2.05) is 28.6 Å². The van der Waals surface area contributed by atoms with Crippen LogP contribution in [0.2, 0.25) is 0 Å². The van der Waals surface area contributed by atoms with Crippen molar-refractivity contribution in [2.75, 3.05) is 0 Å². The lowest BCUT2D eigenvalue weighted by Crippen LogP contribution is -2.07. The Labute approximate surface area is 116 Å². The first-order chi connectivity index (χ1) is 9.78. The van der Waals surface area contributed by atoms with Crippen LogP contribution in [0, 0.1) is 0 Å². The molecule has 20 heavy (non-hydrogen) atoms. The zero-order valence-electron chi connectivity index (χ0n) is 11.5. The van der Waals surface area contributed by atoms with Crippen molar-refractivity contribution in [3.05, 3.63) is 30.7 Å². The lowest BCUT2D eigenvalue weighted by atomic mass is 10.4. The van der Waals surface area contributed by atoms with Crippen LogP contribution in [0.3, 0.4) is 0 Å². The average molecular weight is 272 g/mol. The van der Waals surface area contributed by atoms with E-state index in [-0.39, 0.29) is 0 Å². The highest BCUT2D eigenvalue weighted by Crippen LogP contribution is 2.12. The van der Waals surface area contributed by atoms with Gasteiger partial charge in [0.1, 0.15) is 17.8 Å². The first kappa shape index (κ1) is 12.5. The molecule has 0 bridgehead atoms. The summed E-state index contributed by atoms with van der Waals surface area (Å²) in [6.07, 6.45) is 8.05. The van der Waals surface area contributed by atoms with Gasteiger partial charge in [-0.25, -0.2) is 4.98 Å². The Morgan fingerprint density at radius 2 is 2.15 bits per heavy atom. The van der Waals surface area contributed by atoms with Gasteiger partial charge in [0.2, 0.25) is 0 Å². The number of hydrogen-bond acceptors (Lipinski definition) is 5.